The van der Waals surface area contributed by atoms with Gasteiger partial charge in [0.2, 0.25) is 5.91 Å². The van der Waals surface area contributed by atoms with Gasteiger partial charge in [-0.1, -0.05) is 17.7 Å². The number of aryl methyl sites for hydroxylation is 1. The molecule has 1 aliphatic rings. The standard InChI is InChI=1S/C23H27N3O3/c1-3-24-21(27)19-5-4-14-26(15-19)23(29)18-10-12-20(13-11-18)25-22(28)17-8-6-16(2)7-9-17/h6-13,19H,3-5,14-15H2,1-2H3,(H,24,27)(H,25,28)/t19-/m1/s1. The van der Waals surface area contributed by atoms with Gasteiger partial charge in [-0.3, -0.25) is 14.4 Å². The Morgan fingerprint density at radius 3 is 2.31 bits per heavy atom. The van der Waals surface area contributed by atoms with E-state index >= 15 is 0 Å². The fourth-order valence-corrected chi connectivity index (χ4v) is 3.48. The van der Waals surface area contributed by atoms with Crippen molar-refractivity contribution in [3.63, 3.8) is 0 Å². The van der Waals surface area contributed by atoms with Crippen LogP contribution in [-0.2, 0) is 4.79 Å². The number of hydrogen-bond acceptors (Lipinski definition) is 3. The van der Waals surface area contributed by atoms with E-state index in [-0.39, 0.29) is 23.6 Å². The third kappa shape index (κ3) is 5.22. The first-order chi connectivity index (χ1) is 14.0. The summed E-state index contributed by atoms with van der Waals surface area (Å²) in [5.41, 5.74) is 2.86. The van der Waals surface area contributed by atoms with Crippen LogP contribution in [0.15, 0.2) is 48.5 Å². The lowest BCUT2D eigenvalue weighted by atomic mass is 9.96. The number of anilines is 1. The number of carbonyl (C=O) groups is 3. The molecule has 2 aromatic carbocycles. The summed E-state index contributed by atoms with van der Waals surface area (Å²) < 4.78 is 0. The van der Waals surface area contributed by atoms with Crippen molar-refractivity contribution < 1.29 is 14.4 Å². The van der Waals surface area contributed by atoms with Crippen molar-refractivity contribution in [1.29, 1.82) is 0 Å². The fraction of sp³-hybridized carbons (Fsp3) is 0.348. The van der Waals surface area contributed by atoms with E-state index in [1.165, 1.54) is 0 Å². The maximum Gasteiger partial charge on any atom is 0.255 e. The minimum atomic E-state index is -0.190. The second kappa shape index (κ2) is 9.37. The molecule has 3 rings (SSSR count). The molecule has 6 heteroatoms. The van der Waals surface area contributed by atoms with Crippen LogP contribution in [0, 0.1) is 12.8 Å². The first-order valence-electron chi connectivity index (χ1n) is 10.0. The maximum atomic E-state index is 12.8. The van der Waals surface area contributed by atoms with E-state index in [1.54, 1.807) is 41.3 Å². The van der Waals surface area contributed by atoms with Gasteiger partial charge in [0.05, 0.1) is 5.92 Å². The molecule has 1 saturated heterocycles. The fourth-order valence-electron chi connectivity index (χ4n) is 3.48. The van der Waals surface area contributed by atoms with Gasteiger partial charge >= 0.3 is 0 Å². The Labute approximate surface area is 171 Å². The minimum absolute atomic E-state index is 0.0131. The van der Waals surface area contributed by atoms with Crippen LogP contribution < -0.4 is 10.6 Å². The van der Waals surface area contributed by atoms with Crippen LogP contribution in [-0.4, -0.2) is 42.3 Å². The van der Waals surface area contributed by atoms with E-state index < -0.39 is 0 Å². The highest BCUT2D eigenvalue weighted by Crippen LogP contribution is 2.20. The van der Waals surface area contributed by atoms with Crippen LogP contribution in [0.2, 0.25) is 0 Å². The SMILES string of the molecule is CCNC(=O)[C@@H]1CCCN(C(=O)c2ccc(NC(=O)c3ccc(C)cc3)cc2)C1. The Hall–Kier alpha value is -3.15. The number of hydrogen-bond donors (Lipinski definition) is 2. The summed E-state index contributed by atoms with van der Waals surface area (Å²) in [5, 5.41) is 5.68. The van der Waals surface area contributed by atoms with Crippen molar-refractivity contribution in [3.05, 3.63) is 65.2 Å². The Balaban J connectivity index is 1.61. The number of amides is 3. The van der Waals surface area contributed by atoms with Gasteiger partial charge in [0.25, 0.3) is 11.8 Å². The molecule has 1 fully saturated rings. The van der Waals surface area contributed by atoms with Gasteiger partial charge in [-0.25, -0.2) is 0 Å². The van der Waals surface area contributed by atoms with E-state index in [0.717, 1.165) is 18.4 Å². The first-order valence-corrected chi connectivity index (χ1v) is 10.0. The summed E-state index contributed by atoms with van der Waals surface area (Å²) in [4.78, 5) is 39.0. The van der Waals surface area contributed by atoms with Gasteiger partial charge in [0.15, 0.2) is 0 Å². The molecular weight excluding hydrogens is 366 g/mol. The molecule has 2 aromatic rings. The molecule has 0 bridgehead atoms. The zero-order valence-corrected chi connectivity index (χ0v) is 16.9. The van der Waals surface area contributed by atoms with E-state index in [4.69, 9.17) is 0 Å². The zero-order chi connectivity index (χ0) is 20.8. The normalized spacial score (nSPS) is 16.2. The first kappa shape index (κ1) is 20.6. The molecule has 3 amide bonds. The third-order valence-electron chi connectivity index (χ3n) is 5.13. The van der Waals surface area contributed by atoms with E-state index in [1.807, 2.05) is 26.0 Å². The average molecular weight is 393 g/mol. The predicted octanol–water partition coefficient (Wildman–Crippen LogP) is 3.24. The molecular formula is C23H27N3O3. The number of piperidine rings is 1. The van der Waals surface area contributed by atoms with Crippen molar-refractivity contribution in [2.24, 2.45) is 5.92 Å². The molecule has 1 heterocycles. The highest BCUT2D eigenvalue weighted by molar-refractivity contribution is 6.04. The summed E-state index contributed by atoms with van der Waals surface area (Å²) in [6.07, 6.45) is 1.62. The molecule has 0 saturated carbocycles. The van der Waals surface area contributed by atoms with Gasteiger partial charge in [-0.05, 0) is 63.1 Å². The van der Waals surface area contributed by atoms with Crippen LogP contribution in [0.5, 0.6) is 0 Å². The van der Waals surface area contributed by atoms with Crippen molar-refractivity contribution in [2.45, 2.75) is 26.7 Å². The summed E-state index contributed by atoms with van der Waals surface area (Å²) in [6.45, 7) is 5.55. The van der Waals surface area contributed by atoms with Crippen molar-refractivity contribution in [2.75, 3.05) is 25.0 Å². The second-order valence-electron chi connectivity index (χ2n) is 7.38. The number of nitrogens with zero attached hydrogens (tertiary/aromatic N) is 1. The topological polar surface area (TPSA) is 78.5 Å². The highest BCUT2D eigenvalue weighted by atomic mass is 16.2. The molecule has 0 radical (unpaired) electrons. The zero-order valence-electron chi connectivity index (χ0n) is 16.9. The molecule has 0 aromatic heterocycles. The summed E-state index contributed by atoms with van der Waals surface area (Å²) in [5.74, 6) is -0.416. The van der Waals surface area contributed by atoms with Gasteiger partial charge in [0, 0.05) is 36.4 Å². The summed E-state index contributed by atoms with van der Waals surface area (Å²) >= 11 is 0. The molecule has 0 aliphatic carbocycles. The van der Waals surface area contributed by atoms with Gasteiger partial charge in [-0.2, -0.15) is 0 Å². The summed E-state index contributed by atoms with van der Waals surface area (Å²) in [7, 11) is 0. The van der Waals surface area contributed by atoms with E-state index in [9.17, 15) is 14.4 Å². The van der Waals surface area contributed by atoms with Crippen LogP contribution in [0.1, 0.15) is 46.0 Å². The molecule has 2 N–H and O–H groups in total. The number of nitrogens with one attached hydrogen (secondary N) is 2. The maximum absolute atomic E-state index is 12.8. The third-order valence-corrected chi connectivity index (χ3v) is 5.13. The number of likely N-dealkylation sites (tertiary alicyclic amines) is 1. The van der Waals surface area contributed by atoms with Crippen LogP contribution in [0.3, 0.4) is 0 Å². The molecule has 1 atom stereocenters. The Morgan fingerprint density at radius 1 is 1.00 bits per heavy atom. The van der Waals surface area contributed by atoms with Crippen LogP contribution in [0.4, 0.5) is 5.69 Å². The predicted molar refractivity (Wildman–Crippen MR) is 113 cm³/mol. The summed E-state index contributed by atoms with van der Waals surface area (Å²) in [6, 6.07) is 14.2. The Morgan fingerprint density at radius 2 is 1.66 bits per heavy atom. The molecule has 0 spiro atoms. The molecule has 152 valence electrons. The lowest BCUT2D eigenvalue weighted by molar-refractivity contribution is -0.126. The minimum Gasteiger partial charge on any atom is -0.356 e. The number of rotatable bonds is 5. The lowest BCUT2D eigenvalue weighted by Crippen LogP contribution is -2.45. The van der Waals surface area contributed by atoms with Gasteiger partial charge in [-0.15, -0.1) is 0 Å². The Bertz CT molecular complexity index is 875. The van der Waals surface area contributed by atoms with Crippen molar-refractivity contribution in [3.8, 4) is 0 Å². The van der Waals surface area contributed by atoms with Crippen LogP contribution >= 0.6 is 0 Å². The van der Waals surface area contributed by atoms with Crippen molar-refractivity contribution >= 4 is 23.4 Å². The lowest BCUT2D eigenvalue weighted by Gasteiger charge is -2.32. The monoisotopic (exact) mass is 393 g/mol. The molecule has 6 nitrogen and oxygen atoms in total. The quantitative estimate of drug-likeness (QED) is 0.819. The van der Waals surface area contributed by atoms with Crippen LogP contribution in [0.25, 0.3) is 0 Å². The average Bonchev–Trinajstić information content (AvgIpc) is 2.74. The molecule has 1 aliphatic heterocycles. The number of benzene rings is 2. The van der Waals surface area contributed by atoms with E-state index in [0.29, 0.717) is 36.4 Å². The second-order valence-corrected chi connectivity index (χ2v) is 7.38. The van der Waals surface area contributed by atoms with Gasteiger partial charge in [0.1, 0.15) is 0 Å². The highest BCUT2D eigenvalue weighted by Gasteiger charge is 2.28. The van der Waals surface area contributed by atoms with Gasteiger partial charge < -0.3 is 15.5 Å². The Kier molecular flexibility index (Phi) is 6.65. The van der Waals surface area contributed by atoms with E-state index in [2.05, 4.69) is 10.6 Å². The smallest absolute Gasteiger partial charge is 0.255 e. The van der Waals surface area contributed by atoms with Crippen molar-refractivity contribution in [1.82, 2.24) is 10.2 Å². The molecule has 0 unspecified atom stereocenters. The molecule has 29 heavy (non-hydrogen) atoms. The largest absolute Gasteiger partial charge is 0.356 e. The number of carbonyl (C=O) groups excluding carboxylic acids is 3.